The summed E-state index contributed by atoms with van der Waals surface area (Å²) < 4.78 is 62.6. The van der Waals surface area contributed by atoms with Crippen molar-refractivity contribution in [3.05, 3.63) is 71.6 Å². The lowest BCUT2D eigenvalue weighted by atomic mass is 10.3. The van der Waals surface area contributed by atoms with Gasteiger partial charge in [-0.1, -0.05) is 0 Å². The van der Waals surface area contributed by atoms with Crippen molar-refractivity contribution in [2.45, 2.75) is 32.1 Å². The number of halogens is 1. The molecule has 0 atom stereocenters. The number of sulfonamides is 1. The van der Waals surface area contributed by atoms with Gasteiger partial charge in [0.05, 0.1) is 30.8 Å². The lowest BCUT2D eigenvalue weighted by Crippen LogP contribution is -2.44. The SMILES string of the molecule is COc1ccc(Oc2ccc(NS(=O)(=O)c3c(C)nn(C)c3C)cc2F)ccnc(C)cc1OCCCN1CCN(C)CC1. The average Bonchev–Trinajstić information content (AvgIpc) is 3.23. The fraction of sp³-hybridized carbons (Fsp3) is 0.419. The van der Waals surface area contributed by atoms with Crippen LogP contribution in [0.3, 0.4) is 0 Å². The second-order valence-corrected chi connectivity index (χ2v) is 12.3. The molecule has 1 saturated heterocycles. The Balaban J connectivity index is 1.49. The van der Waals surface area contributed by atoms with Crippen molar-refractivity contribution in [1.29, 1.82) is 0 Å². The molecule has 4 rings (SSSR count). The van der Waals surface area contributed by atoms with Crippen LogP contribution in [-0.4, -0.2) is 86.5 Å². The second-order valence-electron chi connectivity index (χ2n) is 10.7. The molecule has 0 aliphatic carbocycles. The maximum atomic E-state index is 15.1. The van der Waals surface area contributed by atoms with Gasteiger partial charge in [0, 0.05) is 63.8 Å². The van der Waals surface area contributed by atoms with Crippen LogP contribution in [0.25, 0.3) is 0 Å². The molecule has 1 aromatic carbocycles. The zero-order valence-corrected chi connectivity index (χ0v) is 26.9. The van der Waals surface area contributed by atoms with Crippen molar-refractivity contribution in [1.82, 2.24) is 24.6 Å². The number of piperazine rings is 1. The summed E-state index contributed by atoms with van der Waals surface area (Å²) in [4.78, 5) is 9.23. The number of nitrogens with one attached hydrogen (secondary N) is 1. The molecule has 0 radical (unpaired) electrons. The molecule has 2 aromatic heterocycles. The molecule has 13 heteroatoms. The first kappa shape index (κ1) is 33.0. The Kier molecular flexibility index (Phi) is 11.0. The number of benzene rings is 1. The maximum Gasteiger partial charge on any atom is 0.265 e. The van der Waals surface area contributed by atoms with Crippen molar-refractivity contribution < 1.29 is 27.0 Å². The third-order valence-corrected chi connectivity index (χ3v) is 8.95. The van der Waals surface area contributed by atoms with Crippen molar-refractivity contribution in [3.63, 3.8) is 0 Å². The minimum Gasteiger partial charge on any atom is -0.493 e. The van der Waals surface area contributed by atoms with Crippen molar-refractivity contribution >= 4 is 15.7 Å². The Labute approximate surface area is 258 Å². The maximum absolute atomic E-state index is 15.1. The van der Waals surface area contributed by atoms with Gasteiger partial charge in [0.2, 0.25) is 0 Å². The van der Waals surface area contributed by atoms with E-state index < -0.39 is 15.8 Å². The van der Waals surface area contributed by atoms with Crippen molar-refractivity contribution in [2.75, 3.05) is 58.2 Å². The van der Waals surface area contributed by atoms with Crippen LogP contribution in [-0.2, 0) is 17.1 Å². The molecule has 1 aliphatic rings. The summed E-state index contributed by atoms with van der Waals surface area (Å²) in [5.41, 5.74) is 1.56. The first-order chi connectivity index (χ1) is 21.0. The fourth-order valence-electron chi connectivity index (χ4n) is 4.84. The third kappa shape index (κ3) is 8.58. The number of rotatable bonds is 11. The van der Waals surface area contributed by atoms with Crippen LogP contribution < -0.4 is 18.9 Å². The summed E-state index contributed by atoms with van der Waals surface area (Å²) in [6.45, 7) is 10.8. The molecule has 0 spiro atoms. The lowest BCUT2D eigenvalue weighted by Gasteiger charge is -2.32. The molecule has 0 unspecified atom stereocenters. The van der Waals surface area contributed by atoms with E-state index in [9.17, 15) is 8.42 Å². The molecule has 3 aromatic rings. The minimum atomic E-state index is -3.98. The summed E-state index contributed by atoms with van der Waals surface area (Å²) in [6.07, 6.45) is 2.42. The number of likely N-dealkylation sites (N-methyl/N-ethyl adjacent to an activating group) is 1. The van der Waals surface area contributed by atoms with Gasteiger partial charge in [-0.15, -0.1) is 0 Å². The first-order valence-corrected chi connectivity index (χ1v) is 15.9. The van der Waals surface area contributed by atoms with Crippen LogP contribution in [0.4, 0.5) is 10.1 Å². The third-order valence-electron chi connectivity index (χ3n) is 7.31. The topological polar surface area (TPSA) is 111 Å². The number of aryl methyl sites for hydroxylation is 3. The van der Waals surface area contributed by atoms with Crippen LogP contribution in [0, 0.1) is 26.6 Å². The second kappa shape index (κ2) is 14.7. The van der Waals surface area contributed by atoms with Gasteiger partial charge in [0.25, 0.3) is 10.0 Å². The van der Waals surface area contributed by atoms with Crippen LogP contribution in [0.1, 0.15) is 23.5 Å². The number of hydrogen-bond donors (Lipinski definition) is 1. The Hall–Kier alpha value is -3.94. The Morgan fingerprint density at radius 3 is 2.34 bits per heavy atom. The van der Waals surface area contributed by atoms with Crippen LogP contribution >= 0.6 is 0 Å². The fourth-order valence-corrected chi connectivity index (χ4v) is 6.33. The molecule has 238 valence electrons. The van der Waals surface area contributed by atoms with Gasteiger partial charge in [-0.05, 0) is 64.6 Å². The predicted molar refractivity (Wildman–Crippen MR) is 167 cm³/mol. The summed E-state index contributed by atoms with van der Waals surface area (Å²) in [7, 11) is 1.36. The summed E-state index contributed by atoms with van der Waals surface area (Å²) in [6, 6.07) is 10.6. The number of nitrogens with zero attached hydrogens (tertiary/aromatic N) is 5. The molecule has 3 heterocycles. The Morgan fingerprint density at radius 2 is 1.68 bits per heavy atom. The molecule has 0 amide bonds. The standard InChI is InChI=1S/C31H41FN6O5S/c1-22-20-30(42-19-7-14-38-17-15-36(4)16-18-38)29(41-6)11-9-26(12-13-33-22)43-28-10-8-25(21-27(28)32)35-44(39,40)31-23(2)34-37(5)24(31)3/h8-13,20-21,35H,7,14-19H2,1-6H3. The number of ether oxygens (including phenoxy) is 3. The quantitative estimate of drug-likeness (QED) is 0.304. The van der Waals surface area contributed by atoms with E-state index >= 15 is 4.39 Å². The van der Waals surface area contributed by atoms with E-state index in [1.807, 2.05) is 13.0 Å². The Bertz CT molecular complexity index is 1620. The van der Waals surface area contributed by atoms with Gasteiger partial charge in [0.15, 0.2) is 23.1 Å². The van der Waals surface area contributed by atoms with E-state index in [1.54, 1.807) is 52.4 Å². The lowest BCUT2D eigenvalue weighted by molar-refractivity contribution is 0.145. The van der Waals surface area contributed by atoms with Gasteiger partial charge in [-0.3, -0.25) is 14.4 Å². The molecule has 1 N–H and O–H groups in total. The average molecular weight is 629 g/mol. The monoisotopic (exact) mass is 628 g/mol. The normalized spacial score (nSPS) is 14.2. The molecule has 0 saturated carbocycles. The van der Waals surface area contributed by atoms with Gasteiger partial charge in [-0.25, -0.2) is 12.8 Å². The van der Waals surface area contributed by atoms with E-state index in [-0.39, 0.29) is 22.1 Å². The van der Waals surface area contributed by atoms with Crippen LogP contribution in [0.15, 0.2) is 53.6 Å². The van der Waals surface area contributed by atoms with E-state index in [2.05, 4.69) is 31.7 Å². The summed E-state index contributed by atoms with van der Waals surface area (Å²) in [5.74, 6) is 0.415. The first-order valence-electron chi connectivity index (χ1n) is 14.4. The van der Waals surface area contributed by atoms with Crippen molar-refractivity contribution in [2.24, 2.45) is 7.05 Å². The molecule has 44 heavy (non-hydrogen) atoms. The van der Waals surface area contributed by atoms with E-state index in [4.69, 9.17) is 14.2 Å². The molecule has 1 fully saturated rings. The van der Waals surface area contributed by atoms with Crippen molar-refractivity contribution in [3.8, 4) is 23.0 Å². The molecular weight excluding hydrogens is 587 g/mol. The molecular formula is C31H41FN6O5S. The van der Waals surface area contributed by atoms with Gasteiger partial charge in [-0.2, -0.15) is 5.10 Å². The van der Waals surface area contributed by atoms with Gasteiger partial charge >= 0.3 is 0 Å². The van der Waals surface area contributed by atoms with Crippen LogP contribution in [0.2, 0.25) is 0 Å². The zero-order chi connectivity index (χ0) is 31.9. The Morgan fingerprint density at radius 1 is 0.955 bits per heavy atom. The molecule has 1 aliphatic heterocycles. The van der Waals surface area contributed by atoms with E-state index in [0.717, 1.165) is 45.2 Å². The van der Waals surface area contributed by atoms with Crippen LogP contribution in [0.5, 0.6) is 23.0 Å². The molecule has 11 nitrogen and oxygen atoms in total. The molecule has 0 bridgehead atoms. The highest BCUT2D eigenvalue weighted by atomic mass is 32.2. The number of hydrogen-bond acceptors (Lipinski definition) is 9. The van der Waals surface area contributed by atoms with Gasteiger partial charge in [0.1, 0.15) is 10.6 Å². The largest absolute Gasteiger partial charge is 0.493 e. The van der Waals surface area contributed by atoms with E-state index in [1.165, 1.54) is 16.8 Å². The minimum absolute atomic E-state index is 0.0503. The van der Waals surface area contributed by atoms with Gasteiger partial charge < -0.3 is 24.0 Å². The number of methoxy groups -OCH3 is 1. The summed E-state index contributed by atoms with van der Waals surface area (Å²) >= 11 is 0. The number of anilines is 1. The smallest absolute Gasteiger partial charge is 0.265 e. The summed E-state index contributed by atoms with van der Waals surface area (Å²) in [5, 5.41) is 4.15. The predicted octanol–water partition coefficient (Wildman–Crippen LogP) is 4.62. The zero-order valence-electron chi connectivity index (χ0n) is 26.1. The highest BCUT2D eigenvalue weighted by Crippen LogP contribution is 2.30. The van der Waals surface area contributed by atoms with E-state index in [0.29, 0.717) is 35.2 Å². The highest BCUT2D eigenvalue weighted by molar-refractivity contribution is 7.92. The number of aromatic nitrogens is 3. The highest BCUT2D eigenvalue weighted by Gasteiger charge is 2.24.